The fourth-order valence-corrected chi connectivity index (χ4v) is 4.48. The van der Waals surface area contributed by atoms with Crippen molar-refractivity contribution in [2.45, 2.75) is 33.2 Å². The third-order valence-electron chi connectivity index (χ3n) is 4.49. The van der Waals surface area contributed by atoms with E-state index >= 15 is 0 Å². The lowest BCUT2D eigenvalue weighted by Gasteiger charge is -2.30. The summed E-state index contributed by atoms with van der Waals surface area (Å²) < 4.78 is 31.5. The monoisotopic (exact) mass is 449 g/mol. The van der Waals surface area contributed by atoms with E-state index < -0.39 is 26.9 Å². The smallest absolute Gasteiger partial charge is 0.271 e. The molecule has 1 atom stereocenters. The van der Waals surface area contributed by atoms with Crippen LogP contribution in [0.1, 0.15) is 24.5 Å². The van der Waals surface area contributed by atoms with Crippen LogP contribution in [0, 0.1) is 24.0 Å². The molecule has 168 valence electrons. The van der Waals surface area contributed by atoms with Crippen LogP contribution < -0.4 is 14.4 Å². The van der Waals surface area contributed by atoms with Gasteiger partial charge in [-0.15, -0.1) is 0 Å². The number of non-ortho nitro benzene ring substituents is 1. The van der Waals surface area contributed by atoms with E-state index in [9.17, 15) is 23.3 Å². The molecule has 1 amide bonds. The molecule has 10 heteroatoms. The van der Waals surface area contributed by atoms with Crippen molar-refractivity contribution in [3.05, 3.63) is 63.7 Å². The number of nitrogens with zero attached hydrogens (tertiary/aromatic N) is 2. The summed E-state index contributed by atoms with van der Waals surface area (Å²) in [5, 5.41) is 13.8. The van der Waals surface area contributed by atoms with Crippen LogP contribution in [-0.4, -0.2) is 44.7 Å². The van der Waals surface area contributed by atoms with Crippen molar-refractivity contribution in [2.24, 2.45) is 0 Å². The fourth-order valence-electron chi connectivity index (χ4n) is 3.28. The number of aryl methyl sites for hydroxylation is 2. The molecule has 31 heavy (non-hydrogen) atoms. The number of sulfonamides is 1. The van der Waals surface area contributed by atoms with Crippen LogP contribution in [-0.2, 0) is 14.8 Å². The number of hydrogen-bond donors (Lipinski definition) is 1. The van der Waals surface area contributed by atoms with E-state index in [4.69, 9.17) is 4.74 Å². The van der Waals surface area contributed by atoms with E-state index in [1.807, 2.05) is 32.0 Å². The summed E-state index contributed by atoms with van der Waals surface area (Å²) in [5.74, 6) is 0.177. The van der Waals surface area contributed by atoms with E-state index in [1.165, 1.54) is 18.2 Å². The minimum absolute atomic E-state index is 0.0604. The number of ether oxygens (including phenoxy) is 1. The van der Waals surface area contributed by atoms with Gasteiger partial charge >= 0.3 is 0 Å². The molecule has 0 fully saturated rings. The second kappa shape index (κ2) is 10.3. The summed E-state index contributed by atoms with van der Waals surface area (Å²) in [6.45, 7) is 5.98. The number of benzene rings is 2. The molecular weight excluding hydrogens is 422 g/mol. The summed E-state index contributed by atoms with van der Waals surface area (Å²) >= 11 is 0. The molecule has 0 bridgehead atoms. The quantitative estimate of drug-likeness (QED) is 0.338. The van der Waals surface area contributed by atoms with Crippen LogP contribution in [0.15, 0.2) is 42.5 Å². The lowest BCUT2D eigenvalue weighted by Crippen LogP contribution is -2.50. The Hall–Kier alpha value is -3.14. The Morgan fingerprint density at radius 2 is 1.84 bits per heavy atom. The van der Waals surface area contributed by atoms with Gasteiger partial charge in [0.25, 0.3) is 5.69 Å². The molecule has 0 heterocycles. The van der Waals surface area contributed by atoms with Crippen LogP contribution in [0.25, 0.3) is 0 Å². The highest BCUT2D eigenvalue weighted by Gasteiger charge is 2.32. The third kappa shape index (κ3) is 6.68. The van der Waals surface area contributed by atoms with Gasteiger partial charge < -0.3 is 10.1 Å². The van der Waals surface area contributed by atoms with Gasteiger partial charge in [0.15, 0.2) is 0 Å². The first-order chi connectivity index (χ1) is 14.5. The molecule has 0 aliphatic heterocycles. The maximum atomic E-state index is 12.8. The predicted molar refractivity (Wildman–Crippen MR) is 119 cm³/mol. The fraction of sp³-hybridized carbons (Fsp3) is 0.381. The molecule has 0 radical (unpaired) electrons. The Morgan fingerprint density at radius 3 is 2.39 bits per heavy atom. The summed E-state index contributed by atoms with van der Waals surface area (Å²) in [6, 6.07) is 9.94. The molecule has 2 aromatic rings. The predicted octanol–water partition coefficient (Wildman–Crippen LogP) is 2.95. The molecule has 1 N–H and O–H groups in total. The van der Waals surface area contributed by atoms with Crippen LogP contribution in [0.4, 0.5) is 11.4 Å². The number of amides is 1. The minimum Gasteiger partial charge on any atom is -0.492 e. The normalized spacial score (nSPS) is 12.1. The number of nitro groups is 1. The number of rotatable bonds is 10. The van der Waals surface area contributed by atoms with Crippen LogP contribution in [0.3, 0.4) is 0 Å². The first-order valence-corrected chi connectivity index (χ1v) is 11.6. The highest BCUT2D eigenvalue weighted by Crippen LogP contribution is 2.26. The van der Waals surface area contributed by atoms with E-state index in [-0.39, 0.29) is 30.9 Å². The number of anilines is 1. The maximum absolute atomic E-state index is 12.8. The minimum atomic E-state index is -3.88. The average molecular weight is 450 g/mol. The molecule has 9 nitrogen and oxygen atoms in total. The van der Waals surface area contributed by atoms with Crippen LogP contribution >= 0.6 is 0 Å². The zero-order valence-electron chi connectivity index (χ0n) is 18.0. The lowest BCUT2D eigenvalue weighted by atomic mass is 10.1. The van der Waals surface area contributed by atoms with Gasteiger partial charge in [-0.3, -0.25) is 19.2 Å². The molecule has 0 saturated carbocycles. The SMILES string of the molecule is CCC(C(=O)NCCOc1cc(C)cc(C)c1)N(c1cccc([N+](=O)[O-])c1)S(C)(=O)=O. The lowest BCUT2D eigenvalue weighted by molar-refractivity contribution is -0.384. The standard InChI is InChI=1S/C21H27N3O6S/c1-5-20(21(25)22-9-10-30-19-12-15(2)11-16(3)13-19)23(31(4,28)29)17-7-6-8-18(14-17)24(26)27/h6-8,11-14,20H,5,9-10H2,1-4H3,(H,22,25). The van der Waals surface area contributed by atoms with Gasteiger partial charge in [-0.05, 0) is 49.6 Å². The summed E-state index contributed by atoms with van der Waals surface area (Å²) in [5.41, 5.74) is 1.92. The number of nitrogens with one attached hydrogen (secondary N) is 1. The largest absolute Gasteiger partial charge is 0.492 e. The Labute approximate surface area is 182 Å². The Morgan fingerprint density at radius 1 is 1.19 bits per heavy atom. The first-order valence-electron chi connectivity index (χ1n) is 9.75. The molecule has 0 spiro atoms. The van der Waals surface area contributed by atoms with Crippen LogP contribution in [0.2, 0.25) is 0 Å². The van der Waals surface area contributed by atoms with E-state index in [0.29, 0.717) is 5.75 Å². The molecule has 1 unspecified atom stereocenters. The number of hydrogen-bond acceptors (Lipinski definition) is 6. The Bertz CT molecular complexity index is 1030. The van der Waals surface area contributed by atoms with Gasteiger partial charge in [-0.25, -0.2) is 8.42 Å². The number of nitro benzene ring substituents is 1. The second-order valence-corrected chi connectivity index (χ2v) is 9.08. The van der Waals surface area contributed by atoms with E-state index in [0.717, 1.165) is 27.8 Å². The van der Waals surface area contributed by atoms with Crippen molar-refractivity contribution >= 4 is 27.3 Å². The van der Waals surface area contributed by atoms with Crippen molar-refractivity contribution in [1.82, 2.24) is 5.32 Å². The van der Waals surface area contributed by atoms with Gasteiger partial charge in [0.1, 0.15) is 18.4 Å². The summed E-state index contributed by atoms with van der Waals surface area (Å²) in [6.07, 6.45) is 1.14. The average Bonchev–Trinajstić information content (AvgIpc) is 2.67. The first kappa shape index (κ1) is 24.1. The van der Waals surface area contributed by atoms with E-state index in [2.05, 4.69) is 5.32 Å². The molecule has 0 aliphatic rings. The van der Waals surface area contributed by atoms with Crippen molar-refractivity contribution in [3.8, 4) is 5.75 Å². The second-order valence-electron chi connectivity index (χ2n) is 7.22. The highest BCUT2D eigenvalue weighted by atomic mass is 32.2. The molecule has 0 saturated heterocycles. The zero-order valence-corrected chi connectivity index (χ0v) is 18.8. The molecule has 2 aromatic carbocycles. The highest BCUT2D eigenvalue weighted by molar-refractivity contribution is 7.92. The van der Waals surface area contributed by atoms with Gasteiger partial charge in [0.2, 0.25) is 15.9 Å². The van der Waals surface area contributed by atoms with Gasteiger partial charge in [0, 0.05) is 12.1 Å². The molecule has 0 aromatic heterocycles. The molecule has 2 rings (SSSR count). The van der Waals surface area contributed by atoms with Gasteiger partial charge in [0.05, 0.1) is 23.4 Å². The molecule has 0 aliphatic carbocycles. The van der Waals surface area contributed by atoms with Crippen molar-refractivity contribution in [3.63, 3.8) is 0 Å². The zero-order chi connectivity index (χ0) is 23.2. The third-order valence-corrected chi connectivity index (χ3v) is 5.67. The Balaban J connectivity index is 2.12. The van der Waals surface area contributed by atoms with Gasteiger partial charge in [-0.1, -0.05) is 19.1 Å². The summed E-state index contributed by atoms with van der Waals surface area (Å²) in [4.78, 5) is 23.2. The molecular formula is C21H27N3O6S. The Kier molecular flexibility index (Phi) is 7.98. The maximum Gasteiger partial charge on any atom is 0.271 e. The number of carbonyl (C=O) groups is 1. The van der Waals surface area contributed by atoms with Crippen molar-refractivity contribution < 1.29 is 22.9 Å². The van der Waals surface area contributed by atoms with Gasteiger partial charge in [-0.2, -0.15) is 0 Å². The van der Waals surface area contributed by atoms with E-state index in [1.54, 1.807) is 6.92 Å². The summed E-state index contributed by atoms with van der Waals surface area (Å²) in [7, 11) is -3.88. The van der Waals surface area contributed by atoms with Crippen molar-refractivity contribution in [2.75, 3.05) is 23.7 Å². The number of carbonyl (C=O) groups excluding carboxylic acids is 1. The van der Waals surface area contributed by atoms with Crippen LogP contribution in [0.5, 0.6) is 5.75 Å². The topological polar surface area (TPSA) is 119 Å². The van der Waals surface area contributed by atoms with Crippen molar-refractivity contribution in [1.29, 1.82) is 0 Å².